The number of benzene rings is 1. The molecule has 1 saturated heterocycles. The molecule has 0 spiro atoms. The van der Waals surface area contributed by atoms with Crippen LogP contribution in [0.5, 0.6) is 0 Å². The molecule has 1 N–H and O–H groups in total. The number of piperidine rings is 1. The second-order valence-electron chi connectivity index (χ2n) is 6.09. The quantitative estimate of drug-likeness (QED) is 0.879. The molecule has 0 radical (unpaired) electrons. The van der Waals surface area contributed by atoms with Gasteiger partial charge in [-0.25, -0.2) is 4.98 Å². The average molecular weight is 319 g/mol. The van der Waals surface area contributed by atoms with Crippen molar-refractivity contribution >= 4 is 17.4 Å². The van der Waals surface area contributed by atoms with Crippen LogP contribution in [0, 0.1) is 19.3 Å². The predicted molar refractivity (Wildman–Crippen MR) is 97.4 cm³/mol. The van der Waals surface area contributed by atoms with E-state index >= 15 is 0 Å². The molecule has 1 aliphatic heterocycles. The van der Waals surface area contributed by atoms with E-state index in [0.717, 1.165) is 30.0 Å². The van der Waals surface area contributed by atoms with Crippen molar-refractivity contribution < 1.29 is 4.79 Å². The Labute approximate surface area is 142 Å². The van der Waals surface area contributed by atoms with Crippen LogP contribution in [0.15, 0.2) is 36.5 Å². The third-order valence-electron chi connectivity index (χ3n) is 4.26. The molecule has 1 fully saturated rings. The summed E-state index contributed by atoms with van der Waals surface area (Å²) in [5.41, 5.74) is 3.01. The zero-order valence-electron chi connectivity index (χ0n) is 13.9. The molecule has 24 heavy (non-hydrogen) atoms. The number of pyridine rings is 1. The van der Waals surface area contributed by atoms with Gasteiger partial charge in [-0.05, 0) is 56.0 Å². The Bertz CT molecular complexity index is 786. The van der Waals surface area contributed by atoms with Crippen LogP contribution in [-0.4, -0.2) is 24.0 Å². The van der Waals surface area contributed by atoms with E-state index in [2.05, 4.69) is 21.1 Å². The maximum atomic E-state index is 12.4. The normalized spacial score (nSPS) is 14.1. The standard InChI is InChI=1S/C20H21N3O/c1-3-16-8-7-9-18(13-16)22-20(24)17-12-15(2)19(21-14-17)23-10-5-4-6-11-23/h1,7-9,12-14H,4-6,10-11H2,2H3,(H,22,24). The van der Waals surface area contributed by atoms with Gasteiger partial charge in [0.05, 0.1) is 5.56 Å². The van der Waals surface area contributed by atoms with E-state index in [1.807, 2.05) is 31.2 Å². The van der Waals surface area contributed by atoms with Crippen molar-refractivity contribution in [2.45, 2.75) is 26.2 Å². The van der Waals surface area contributed by atoms with Gasteiger partial charge < -0.3 is 10.2 Å². The first kappa shape index (κ1) is 16.1. The second-order valence-corrected chi connectivity index (χ2v) is 6.09. The zero-order chi connectivity index (χ0) is 16.9. The number of terminal acetylenes is 1. The summed E-state index contributed by atoms with van der Waals surface area (Å²) >= 11 is 0. The van der Waals surface area contributed by atoms with Crippen molar-refractivity contribution in [1.29, 1.82) is 0 Å². The molecule has 0 atom stereocenters. The summed E-state index contributed by atoms with van der Waals surface area (Å²) in [5.74, 6) is 3.37. The SMILES string of the molecule is C#Cc1cccc(NC(=O)c2cnc(N3CCCCC3)c(C)c2)c1. The molecule has 1 aromatic heterocycles. The summed E-state index contributed by atoms with van der Waals surface area (Å²) in [4.78, 5) is 19.3. The van der Waals surface area contributed by atoms with Gasteiger partial charge in [0.15, 0.2) is 0 Å². The molecule has 0 bridgehead atoms. The second kappa shape index (κ2) is 7.18. The number of hydrogen-bond donors (Lipinski definition) is 1. The van der Waals surface area contributed by atoms with Crippen molar-refractivity contribution in [3.63, 3.8) is 0 Å². The summed E-state index contributed by atoms with van der Waals surface area (Å²) in [6, 6.07) is 9.15. The number of carbonyl (C=O) groups excluding carboxylic acids is 1. The van der Waals surface area contributed by atoms with Crippen LogP contribution in [0.4, 0.5) is 11.5 Å². The first-order valence-corrected chi connectivity index (χ1v) is 8.27. The Balaban J connectivity index is 1.75. The molecule has 1 amide bonds. The number of aromatic nitrogens is 1. The molecule has 122 valence electrons. The Morgan fingerprint density at radius 1 is 1.25 bits per heavy atom. The van der Waals surface area contributed by atoms with E-state index in [-0.39, 0.29) is 5.91 Å². The third kappa shape index (κ3) is 3.57. The molecule has 2 heterocycles. The Morgan fingerprint density at radius 3 is 2.75 bits per heavy atom. The van der Waals surface area contributed by atoms with Crippen LogP contribution in [-0.2, 0) is 0 Å². The van der Waals surface area contributed by atoms with Crippen molar-refractivity contribution in [3.8, 4) is 12.3 Å². The highest BCUT2D eigenvalue weighted by atomic mass is 16.1. The van der Waals surface area contributed by atoms with Gasteiger partial charge in [0, 0.05) is 30.5 Å². The first-order valence-electron chi connectivity index (χ1n) is 8.27. The molecular formula is C20H21N3O. The lowest BCUT2D eigenvalue weighted by atomic mass is 10.1. The predicted octanol–water partition coefficient (Wildman–Crippen LogP) is 3.61. The Morgan fingerprint density at radius 2 is 2.04 bits per heavy atom. The van der Waals surface area contributed by atoms with E-state index in [0.29, 0.717) is 11.3 Å². The molecule has 0 saturated carbocycles. The third-order valence-corrected chi connectivity index (χ3v) is 4.26. The van der Waals surface area contributed by atoms with Gasteiger partial charge in [0.1, 0.15) is 5.82 Å². The molecule has 3 rings (SSSR count). The first-order chi connectivity index (χ1) is 11.7. The lowest BCUT2D eigenvalue weighted by molar-refractivity contribution is 0.102. The van der Waals surface area contributed by atoms with Gasteiger partial charge in [-0.3, -0.25) is 4.79 Å². The fraction of sp³-hybridized carbons (Fsp3) is 0.300. The molecule has 1 aromatic carbocycles. The van der Waals surface area contributed by atoms with Crippen LogP contribution >= 0.6 is 0 Å². The maximum absolute atomic E-state index is 12.4. The van der Waals surface area contributed by atoms with Gasteiger partial charge in [-0.1, -0.05) is 12.0 Å². The highest BCUT2D eigenvalue weighted by molar-refractivity contribution is 6.04. The van der Waals surface area contributed by atoms with Crippen molar-refractivity contribution in [2.75, 3.05) is 23.3 Å². The van der Waals surface area contributed by atoms with Crippen LogP contribution in [0.1, 0.15) is 40.7 Å². The van der Waals surface area contributed by atoms with Crippen LogP contribution in [0.25, 0.3) is 0 Å². The maximum Gasteiger partial charge on any atom is 0.257 e. The van der Waals surface area contributed by atoms with Crippen LogP contribution < -0.4 is 10.2 Å². The average Bonchev–Trinajstić information content (AvgIpc) is 2.62. The Kier molecular flexibility index (Phi) is 4.81. The summed E-state index contributed by atoms with van der Waals surface area (Å²) in [5, 5.41) is 2.87. The fourth-order valence-corrected chi connectivity index (χ4v) is 3.02. The monoisotopic (exact) mass is 319 g/mol. The minimum absolute atomic E-state index is 0.176. The minimum atomic E-state index is -0.176. The summed E-state index contributed by atoms with van der Waals surface area (Å²) in [6.07, 6.45) is 10.7. The van der Waals surface area contributed by atoms with E-state index in [9.17, 15) is 4.79 Å². The van der Waals surface area contributed by atoms with Gasteiger partial charge >= 0.3 is 0 Å². The molecular weight excluding hydrogens is 298 g/mol. The number of rotatable bonds is 3. The van der Waals surface area contributed by atoms with Gasteiger partial charge in [-0.15, -0.1) is 6.42 Å². The van der Waals surface area contributed by atoms with E-state index in [1.54, 1.807) is 12.3 Å². The largest absolute Gasteiger partial charge is 0.356 e. The van der Waals surface area contributed by atoms with E-state index < -0.39 is 0 Å². The van der Waals surface area contributed by atoms with Crippen LogP contribution in [0.3, 0.4) is 0 Å². The Hall–Kier alpha value is -2.80. The van der Waals surface area contributed by atoms with Crippen molar-refractivity contribution in [2.24, 2.45) is 0 Å². The zero-order valence-corrected chi connectivity index (χ0v) is 13.9. The number of anilines is 2. The van der Waals surface area contributed by atoms with Crippen molar-refractivity contribution in [1.82, 2.24) is 4.98 Å². The van der Waals surface area contributed by atoms with Gasteiger partial charge in [0.25, 0.3) is 5.91 Å². The summed E-state index contributed by atoms with van der Waals surface area (Å²) < 4.78 is 0. The molecule has 1 aliphatic rings. The highest BCUT2D eigenvalue weighted by Crippen LogP contribution is 2.22. The summed E-state index contributed by atoms with van der Waals surface area (Å²) in [6.45, 7) is 4.09. The van der Waals surface area contributed by atoms with Crippen molar-refractivity contribution in [3.05, 3.63) is 53.2 Å². The lowest BCUT2D eigenvalue weighted by Crippen LogP contribution is -2.31. The molecule has 4 heteroatoms. The van der Waals surface area contributed by atoms with E-state index in [4.69, 9.17) is 6.42 Å². The molecule has 0 unspecified atom stereocenters. The van der Waals surface area contributed by atoms with Gasteiger partial charge in [-0.2, -0.15) is 0 Å². The van der Waals surface area contributed by atoms with Crippen LogP contribution in [0.2, 0.25) is 0 Å². The highest BCUT2D eigenvalue weighted by Gasteiger charge is 2.16. The topological polar surface area (TPSA) is 45.2 Å². The number of aryl methyl sites for hydroxylation is 1. The number of nitrogens with one attached hydrogen (secondary N) is 1. The number of amides is 1. The number of nitrogens with zero attached hydrogens (tertiary/aromatic N) is 2. The number of hydrogen-bond acceptors (Lipinski definition) is 3. The minimum Gasteiger partial charge on any atom is -0.356 e. The number of carbonyl (C=O) groups is 1. The van der Waals surface area contributed by atoms with E-state index in [1.165, 1.54) is 19.3 Å². The molecule has 4 nitrogen and oxygen atoms in total. The fourth-order valence-electron chi connectivity index (χ4n) is 3.02. The lowest BCUT2D eigenvalue weighted by Gasteiger charge is -2.29. The summed E-state index contributed by atoms with van der Waals surface area (Å²) in [7, 11) is 0. The smallest absolute Gasteiger partial charge is 0.257 e. The molecule has 0 aliphatic carbocycles. The molecule has 2 aromatic rings. The van der Waals surface area contributed by atoms with Gasteiger partial charge in [0.2, 0.25) is 0 Å².